The van der Waals surface area contributed by atoms with E-state index in [2.05, 4.69) is 22.5 Å². The Morgan fingerprint density at radius 3 is 3.07 bits per heavy atom. The first-order valence-corrected chi connectivity index (χ1v) is 4.97. The molecule has 3 N–H and O–H groups in total. The normalized spacial score (nSPS) is 20.7. The zero-order valence-electron chi connectivity index (χ0n) is 8.11. The Hall–Kier alpha value is -1.51. The van der Waals surface area contributed by atoms with E-state index in [-0.39, 0.29) is 0 Å². The van der Waals surface area contributed by atoms with E-state index in [0.29, 0.717) is 6.04 Å². The van der Waals surface area contributed by atoms with Crippen LogP contribution in [-0.2, 0) is 0 Å². The molecule has 1 aromatic rings. The number of aromatic nitrogens is 1. The molecule has 0 fully saturated rings. The van der Waals surface area contributed by atoms with Gasteiger partial charge in [0.25, 0.3) is 0 Å². The highest BCUT2D eigenvalue weighted by molar-refractivity contribution is 5.48. The van der Waals surface area contributed by atoms with Gasteiger partial charge in [-0.05, 0) is 25.3 Å². The van der Waals surface area contributed by atoms with E-state index in [9.17, 15) is 0 Å². The summed E-state index contributed by atoms with van der Waals surface area (Å²) in [6.45, 7) is 0. The summed E-state index contributed by atoms with van der Waals surface area (Å²) in [6.07, 6.45) is 9.58. The molecule has 1 unspecified atom stereocenters. The summed E-state index contributed by atoms with van der Waals surface area (Å²) >= 11 is 0. The minimum absolute atomic E-state index is 0.509. The number of pyridine rings is 1. The molecule has 0 spiro atoms. The lowest BCUT2D eigenvalue weighted by Crippen LogP contribution is -2.20. The van der Waals surface area contributed by atoms with Crippen LogP contribution in [0.3, 0.4) is 0 Å². The van der Waals surface area contributed by atoms with Gasteiger partial charge in [0.05, 0.1) is 0 Å². The molecule has 0 saturated carbocycles. The lowest BCUT2D eigenvalue weighted by atomic mass is 10.0. The SMILES string of the molecule is Nc1ccnc(NC2CC=CCC2)c1. The van der Waals surface area contributed by atoms with E-state index in [1.54, 1.807) is 12.3 Å². The maximum atomic E-state index is 5.67. The van der Waals surface area contributed by atoms with Crippen LogP contribution in [0.2, 0.25) is 0 Å². The van der Waals surface area contributed by atoms with Crippen molar-refractivity contribution < 1.29 is 0 Å². The molecule has 0 saturated heterocycles. The van der Waals surface area contributed by atoms with E-state index in [0.717, 1.165) is 24.3 Å². The zero-order chi connectivity index (χ0) is 9.80. The number of hydrogen-bond acceptors (Lipinski definition) is 3. The van der Waals surface area contributed by atoms with Crippen molar-refractivity contribution in [1.82, 2.24) is 4.98 Å². The molecular formula is C11H15N3. The van der Waals surface area contributed by atoms with Gasteiger partial charge in [0, 0.05) is 24.0 Å². The van der Waals surface area contributed by atoms with E-state index in [1.165, 1.54) is 6.42 Å². The first-order chi connectivity index (χ1) is 6.84. The summed E-state index contributed by atoms with van der Waals surface area (Å²) < 4.78 is 0. The fourth-order valence-electron chi connectivity index (χ4n) is 1.66. The number of allylic oxidation sites excluding steroid dienone is 1. The molecule has 14 heavy (non-hydrogen) atoms. The van der Waals surface area contributed by atoms with Crippen molar-refractivity contribution in [3.63, 3.8) is 0 Å². The highest BCUT2D eigenvalue weighted by Crippen LogP contribution is 2.16. The molecule has 1 aliphatic carbocycles. The molecule has 0 amide bonds. The molecule has 2 rings (SSSR count). The molecule has 1 aromatic heterocycles. The van der Waals surface area contributed by atoms with Gasteiger partial charge in [0.1, 0.15) is 5.82 Å². The third-order valence-electron chi connectivity index (χ3n) is 2.41. The number of hydrogen-bond donors (Lipinski definition) is 2. The Balaban J connectivity index is 1.99. The molecule has 0 bridgehead atoms. The molecule has 3 nitrogen and oxygen atoms in total. The Morgan fingerprint density at radius 2 is 2.36 bits per heavy atom. The van der Waals surface area contributed by atoms with Crippen molar-refractivity contribution in [3.05, 3.63) is 30.5 Å². The van der Waals surface area contributed by atoms with Gasteiger partial charge in [-0.1, -0.05) is 12.2 Å². The molecule has 74 valence electrons. The van der Waals surface area contributed by atoms with Crippen LogP contribution in [-0.4, -0.2) is 11.0 Å². The van der Waals surface area contributed by atoms with Crippen molar-refractivity contribution in [2.24, 2.45) is 0 Å². The smallest absolute Gasteiger partial charge is 0.128 e. The first kappa shape index (κ1) is 9.06. The number of nitrogens with zero attached hydrogens (tertiary/aromatic N) is 1. The van der Waals surface area contributed by atoms with Crippen molar-refractivity contribution >= 4 is 11.5 Å². The van der Waals surface area contributed by atoms with Gasteiger partial charge in [-0.3, -0.25) is 0 Å². The van der Waals surface area contributed by atoms with Crippen molar-refractivity contribution in [3.8, 4) is 0 Å². The van der Waals surface area contributed by atoms with E-state index >= 15 is 0 Å². The van der Waals surface area contributed by atoms with Gasteiger partial charge >= 0.3 is 0 Å². The highest BCUT2D eigenvalue weighted by Gasteiger charge is 2.09. The van der Waals surface area contributed by atoms with E-state index in [4.69, 9.17) is 5.73 Å². The Kier molecular flexibility index (Phi) is 2.68. The van der Waals surface area contributed by atoms with Gasteiger partial charge in [0.15, 0.2) is 0 Å². The van der Waals surface area contributed by atoms with Gasteiger partial charge in [-0.15, -0.1) is 0 Å². The van der Waals surface area contributed by atoms with Crippen LogP contribution in [0.15, 0.2) is 30.5 Å². The monoisotopic (exact) mass is 189 g/mol. The molecule has 1 atom stereocenters. The van der Waals surface area contributed by atoms with Crippen molar-refractivity contribution in [2.45, 2.75) is 25.3 Å². The number of nitrogens with one attached hydrogen (secondary N) is 1. The Labute approximate surface area is 84.0 Å². The largest absolute Gasteiger partial charge is 0.399 e. The second-order valence-electron chi connectivity index (χ2n) is 3.60. The minimum Gasteiger partial charge on any atom is -0.399 e. The topological polar surface area (TPSA) is 50.9 Å². The van der Waals surface area contributed by atoms with Crippen LogP contribution in [0.4, 0.5) is 11.5 Å². The number of rotatable bonds is 2. The molecule has 3 heteroatoms. The molecule has 0 radical (unpaired) electrons. The van der Waals surface area contributed by atoms with Crippen LogP contribution >= 0.6 is 0 Å². The van der Waals surface area contributed by atoms with Crippen molar-refractivity contribution in [1.29, 1.82) is 0 Å². The maximum absolute atomic E-state index is 5.67. The highest BCUT2D eigenvalue weighted by atomic mass is 15.0. The van der Waals surface area contributed by atoms with Gasteiger partial charge in [0.2, 0.25) is 0 Å². The third-order valence-corrected chi connectivity index (χ3v) is 2.41. The molecule has 1 aliphatic rings. The number of anilines is 2. The molecule has 0 aliphatic heterocycles. The Morgan fingerprint density at radius 1 is 1.43 bits per heavy atom. The summed E-state index contributed by atoms with van der Waals surface area (Å²) in [5.74, 6) is 0.880. The summed E-state index contributed by atoms with van der Waals surface area (Å²) in [4.78, 5) is 4.22. The maximum Gasteiger partial charge on any atom is 0.128 e. The fourth-order valence-corrected chi connectivity index (χ4v) is 1.66. The van der Waals surface area contributed by atoms with Gasteiger partial charge < -0.3 is 11.1 Å². The summed E-state index contributed by atoms with van der Waals surface area (Å²) in [6, 6.07) is 4.18. The number of nitrogen functional groups attached to an aromatic ring is 1. The predicted octanol–water partition coefficient (Wildman–Crippen LogP) is 2.18. The van der Waals surface area contributed by atoms with E-state index < -0.39 is 0 Å². The molecular weight excluding hydrogens is 174 g/mol. The van der Waals surface area contributed by atoms with Crippen LogP contribution in [0.25, 0.3) is 0 Å². The lowest BCUT2D eigenvalue weighted by molar-refractivity contribution is 0.642. The minimum atomic E-state index is 0.509. The van der Waals surface area contributed by atoms with Crippen LogP contribution in [0.5, 0.6) is 0 Å². The zero-order valence-corrected chi connectivity index (χ0v) is 8.11. The second kappa shape index (κ2) is 4.13. The fraction of sp³-hybridized carbons (Fsp3) is 0.364. The van der Waals surface area contributed by atoms with Crippen LogP contribution in [0, 0.1) is 0 Å². The van der Waals surface area contributed by atoms with Crippen LogP contribution < -0.4 is 11.1 Å². The lowest BCUT2D eigenvalue weighted by Gasteiger charge is -2.19. The summed E-state index contributed by atoms with van der Waals surface area (Å²) in [5.41, 5.74) is 6.43. The van der Waals surface area contributed by atoms with E-state index in [1.807, 2.05) is 6.07 Å². The number of nitrogens with two attached hydrogens (primary N) is 1. The molecule has 0 aromatic carbocycles. The van der Waals surface area contributed by atoms with Crippen LogP contribution in [0.1, 0.15) is 19.3 Å². The average Bonchev–Trinajstić information content (AvgIpc) is 2.19. The van der Waals surface area contributed by atoms with Crippen molar-refractivity contribution in [2.75, 3.05) is 11.1 Å². The summed E-state index contributed by atoms with van der Waals surface area (Å²) in [5, 5.41) is 3.38. The van der Waals surface area contributed by atoms with Gasteiger partial charge in [-0.2, -0.15) is 0 Å². The summed E-state index contributed by atoms with van der Waals surface area (Å²) in [7, 11) is 0. The predicted molar refractivity (Wildman–Crippen MR) is 59.1 cm³/mol. The standard InChI is InChI=1S/C11H15N3/c12-9-6-7-13-11(8-9)14-10-4-2-1-3-5-10/h1-2,6-8,10H,3-5H2,(H3,12,13,14). The molecule has 1 heterocycles. The second-order valence-corrected chi connectivity index (χ2v) is 3.60. The Bertz CT molecular complexity index is 333. The first-order valence-electron chi connectivity index (χ1n) is 4.97. The van der Waals surface area contributed by atoms with Gasteiger partial charge in [-0.25, -0.2) is 4.98 Å². The quantitative estimate of drug-likeness (QED) is 0.701. The third kappa shape index (κ3) is 2.25. The average molecular weight is 189 g/mol.